The lowest BCUT2D eigenvalue weighted by Gasteiger charge is -2.11. The largest absolute Gasteiger partial charge is 0.513 e. The zero-order valence-corrected chi connectivity index (χ0v) is 18.7. The van der Waals surface area contributed by atoms with Crippen LogP contribution in [0.1, 0.15) is 25.0 Å². The maximum Gasteiger partial charge on any atom is 0.513 e. The molecule has 0 aliphatic heterocycles. The number of rotatable bonds is 9. The molecule has 0 aliphatic carbocycles. The zero-order valence-electron chi connectivity index (χ0n) is 18.7. The summed E-state index contributed by atoms with van der Waals surface area (Å²) >= 11 is 0. The number of ether oxygens (including phenoxy) is 5. The van der Waals surface area contributed by atoms with Crippen LogP contribution in [-0.4, -0.2) is 38.1 Å². The molecule has 0 bridgehead atoms. The molecule has 176 valence electrons. The Labute approximate surface area is 196 Å². The number of carbonyl (C=O) groups excluding carboxylic acids is 3. The number of hydrogen-bond acceptors (Lipinski definition) is 9. The van der Waals surface area contributed by atoms with E-state index in [0.717, 1.165) is 5.56 Å². The molecule has 0 heterocycles. The van der Waals surface area contributed by atoms with Crippen LogP contribution < -0.4 is 9.47 Å². The van der Waals surface area contributed by atoms with E-state index < -0.39 is 18.3 Å². The van der Waals surface area contributed by atoms with Gasteiger partial charge in [0, 0.05) is 0 Å². The van der Waals surface area contributed by atoms with Crippen molar-refractivity contribution in [3.8, 4) is 17.6 Å². The molecule has 34 heavy (non-hydrogen) atoms. The van der Waals surface area contributed by atoms with Gasteiger partial charge in [0.25, 0.3) is 0 Å². The minimum Gasteiger partial charge on any atom is -0.457 e. The molecular formula is C25H23NO8. The van der Waals surface area contributed by atoms with Crippen molar-refractivity contribution in [2.24, 2.45) is 0 Å². The van der Waals surface area contributed by atoms with Gasteiger partial charge in [0.15, 0.2) is 11.5 Å². The van der Waals surface area contributed by atoms with E-state index in [-0.39, 0.29) is 36.9 Å². The molecule has 0 spiro atoms. The van der Waals surface area contributed by atoms with Gasteiger partial charge in [0.05, 0.1) is 13.2 Å². The highest BCUT2D eigenvalue weighted by atomic mass is 16.7. The molecule has 0 radical (unpaired) electrons. The smallest absolute Gasteiger partial charge is 0.457 e. The number of nitriles is 1. The van der Waals surface area contributed by atoms with Crippen molar-refractivity contribution in [1.29, 1.82) is 5.26 Å². The Hall–Kier alpha value is -4.58. The molecule has 2 aromatic carbocycles. The van der Waals surface area contributed by atoms with E-state index in [2.05, 4.69) is 0 Å². The molecule has 0 atom stereocenters. The number of hydrogen-bond donors (Lipinski definition) is 0. The normalized spacial score (nSPS) is 10.8. The fourth-order valence-electron chi connectivity index (χ4n) is 2.51. The first-order chi connectivity index (χ1) is 16.5. The summed E-state index contributed by atoms with van der Waals surface area (Å²) in [5.41, 5.74) is 0.965. The van der Waals surface area contributed by atoms with Crippen LogP contribution in [0.5, 0.6) is 11.5 Å². The van der Waals surface area contributed by atoms with Crippen LogP contribution in [-0.2, 0) is 19.0 Å². The van der Waals surface area contributed by atoms with Gasteiger partial charge in [-0.3, -0.25) is 0 Å². The van der Waals surface area contributed by atoms with E-state index in [1.165, 1.54) is 24.3 Å². The lowest BCUT2D eigenvalue weighted by atomic mass is 10.1. The Bertz CT molecular complexity index is 1100. The van der Waals surface area contributed by atoms with Gasteiger partial charge < -0.3 is 23.7 Å². The molecule has 2 aromatic rings. The quantitative estimate of drug-likeness (QED) is 0.167. The lowest BCUT2D eigenvalue weighted by Crippen LogP contribution is -2.14. The molecule has 2 rings (SSSR count). The maximum absolute atomic E-state index is 12.3. The van der Waals surface area contributed by atoms with Gasteiger partial charge in [-0.05, 0) is 49.3 Å². The Morgan fingerprint density at radius 3 is 2.12 bits per heavy atom. The Morgan fingerprint density at radius 1 is 0.853 bits per heavy atom. The number of benzene rings is 2. The second kappa shape index (κ2) is 13.8. The Kier molecular flexibility index (Phi) is 10.4. The Balaban J connectivity index is 2.16. The monoisotopic (exact) mass is 465 g/mol. The van der Waals surface area contributed by atoms with E-state index in [9.17, 15) is 19.6 Å². The van der Waals surface area contributed by atoms with Crippen LogP contribution in [0.15, 0.2) is 60.2 Å². The first kappa shape index (κ1) is 25.7. The van der Waals surface area contributed by atoms with E-state index in [1.54, 1.807) is 32.1 Å². The molecular weight excluding hydrogens is 442 g/mol. The van der Waals surface area contributed by atoms with Crippen LogP contribution in [0.4, 0.5) is 9.59 Å². The average molecular weight is 465 g/mol. The molecule has 0 aromatic heterocycles. The van der Waals surface area contributed by atoms with Crippen LogP contribution in [0, 0.1) is 11.3 Å². The standard InChI is InChI=1S/C25H23NO8/c1-3-30-24(28)33-21-13-12-19(16-22(21)34-25(29)31-4-2)15-20(17-26)23(27)32-14-8-11-18-9-6-5-7-10-18/h5-13,15-16H,3-4,14H2,1-2H3/b11-8+,20-15?. The third kappa shape index (κ3) is 8.51. The van der Waals surface area contributed by atoms with Gasteiger partial charge in [-0.2, -0.15) is 5.26 Å². The van der Waals surface area contributed by atoms with Crippen LogP contribution in [0.3, 0.4) is 0 Å². The van der Waals surface area contributed by atoms with Gasteiger partial charge in [0.2, 0.25) is 0 Å². The SMILES string of the molecule is CCOC(=O)Oc1ccc(C=C(C#N)C(=O)OC/C=C/c2ccccc2)cc1OC(=O)OCC. The van der Waals surface area contributed by atoms with Gasteiger partial charge >= 0.3 is 18.3 Å². The zero-order chi connectivity index (χ0) is 24.8. The second-order valence-corrected chi connectivity index (χ2v) is 6.36. The summed E-state index contributed by atoms with van der Waals surface area (Å²) in [7, 11) is 0. The fourth-order valence-corrected chi connectivity index (χ4v) is 2.51. The summed E-state index contributed by atoms with van der Waals surface area (Å²) < 4.78 is 24.7. The Morgan fingerprint density at radius 2 is 1.50 bits per heavy atom. The third-order valence-electron chi connectivity index (χ3n) is 3.95. The van der Waals surface area contributed by atoms with Crippen molar-refractivity contribution >= 4 is 30.4 Å². The molecule has 0 unspecified atom stereocenters. The van der Waals surface area contributed by atoms with Crippen molar-refractivity contribution in [2.45, 2.75) is 13.8 Å². The van der Waals surface area contributed by atoms with Crippen LogP contribution in [0.25, 0.3) is 12.2 Å². The highest BCUT2D eigenvalue weighted by Crippen LogP contribution is 2.30. The minimum atomic E-state index is -1.03. The summed E-state index contributed by atoms with van der Waals surface area (Å²) in [5.74, 6) is -1.12. The highest BCUT2D eigenvalue weighted by molar-refractivity contribution is 5.98. The fraction of sp³-hybridized carbons (Fsp3) is 0.200. The molecule has 9 nitrogen and oxygen atoms in total. The minimum absolute atomic E-state index is 0.0315. The molecule has 0 fully saturated rings. The molecule has 0 amide bonds. The summed E-state index contributed by atoms with van der Waals surface area (Å²) in [5, 5.41) is 9.38. The second-order valence-electron chi connectivity index (χ2n) is 6.36. The molecule has 0 saturated carbocycles. The number of esters is 1. The van der Waals surface area contributed by atoms with Gasteiger partial charge in [-0.15, -0.1) is 0 Å². The summed E-state index contributed by atoms with van der Waals surface area (Å²) in [6.07, 6.45) is 2.65. The first-order valence-corrected chi connectivity index (χ1v) is 10.3. The van der Waals surface area contributed by atoms with Gasteiger partial charge in [-0.1, -0.05) is 42.5 Å². The van der Waals surface area contributed by atoms with Gasteiger partial charge in [-0.25, -0.2) is 14.4 Å². The third-order valence-corrected chi connectivity index (χ3v) is 3.95. The molecule has 9 heteroatoms. The maximum atomic E-state index is 12.3. The van der Waals surface area contributed by atoms with E-state index in [0.29, 0.717) is 5.56 Å². The number of carbonyl (C=O) groups is 3. The van der Waals surface area contributed by atoms with Crippen molar-refractivity contribution in [3.05, 3.63) is 71.3 Å². The van der Waals surface area contributed by atoms with Crippen molar-refractivity contribution < 1.29 is 38.1 Å². The van der Waals surface area contributed by atoms with E-state index in [4.69, 9.17) is 23.7 Å². The number of nitrogens with zero attached hydrogens (tertiary/aromatic N) is 1. The van der Waals surface area contributed by atoms with Crippen LogP contribution >= 0.6 is 0 Å². The van der Waals surface area contributed by atoms with Crippen molar-refractivity contribution in [3.63, 3.8) is 0 Å². The van der Waals surface area contributed by atoms with Crippen molar-refractivity contribution in [2.75, 3.05) is 19.8 Å². The average Bonchev–Trinajstić information content (AvgIpc) is 2.82. The summed E-state index contributed by atoms with van der Waals surface area (Å²) in [6.45, 7) is 3.31. The van der Waals surface area contributed by atoms with E-state index in [1.807, 2.05) is 30.3 Å². The molecule has 0 saturated heterocycles. The topological polar surface area (TPSA) is 121 Å². The highest BCUT2D eigenvalue weighted by Gasteiger charge is 2.17. The predicted molar refractivity (Wildman–Crippen MR) is 122 cm³/mol. The molecule has 0 aliphatic rings. The predicted octanol–water partition coefficient (Wildman–Crippen LogP) is 4.92. The van der Waals surface area contributed by atoms with Crippen molar-refractivity contribution in [1.82, 2.24) is 0 Å². The molecule has 0 N–H and O–H groups in total. The van der Waals surface area contributed by atoms with E-state index >= 15 is 0 Å². The van der Waals surface area contributed by atoms with Gasteiger partial charge in [0.1, 0.15) is 18.2 Å². The summed E-state index contributed by atoms with van der Waals surface area (Å²) in [4.78, 5) is 35.7. The lowest BCUT2D eigenvalue weighted by molar-refractivity contribution is -0.137. The summed E-state index contributed by atoms with van der Waals surface area (Å²) in [6, 6.07) is 15.3. The first-order valence-electron chi connectivity index (χ1n) is 10.3. The van der Waals surface area contributed by atoms with Crippen LogP contribution in [0.2, 0.25) is 0 Å².